The number of β-amino-alcohol motifs (C(OH)–C–C–N with tert-alkyl or cyclic N) is 1. The number of aliphatic hydroxyl groups is 1. The highest BCUT2D eigenvalue weighted by molar-refractivity contribution is 5.97. The number of carbonyl (C=O) groups is 1. The van der Waals surface area contributed by atoms with Gasteiger partial charge in [-0.05, 0) is 19.1 Å². The average molecular weight is 445 g/mol. The van der Waals surface area contributed by atoms with Crippen molar-refractivity contribution in [2.75, 3.05) is 39.3 Å². The van der Waals surface area contributed by atoms with Crippen LogP contribution in [0.15, 0.2) is 59.0 Å². The molecule has 4 aromatic rings. The fraction of sp³-hybridized carbons (Fsp3) is 0.308. The molecule has 0 radical (unpaired) electrons. The van der Waals surface area contributed by atoms with Crippen molar-refractivity contribution in [1.29, 1.82) is 0 Å². The molecule has 0 atom stereocenters. The third kappa shape index (κ3) is 3.94. The first-order chi connectivity index (χ1) is 16.1. The zero-order valence-corrected chi connectivity index (χ0v) is 19.0. The zero-order valence-electron chi connectivity index (χ0n) is 19.0. The lowest BCUT2D eigenvalue weighted by molar-refractivity contribution is 0.0608. The van der Waals surface area contributed by atoms with Crippen molar-refractivity contribution in [1.82, 2.24) is 19.6 Å². The molecule has 2 aromatic heterocycles. The molecule has 1 N–H and O–H groups in total. The van der Waals surface area contributed by atoms with Gasteiger partial charge in [0.05, 0.1) is 12.3 Å². The van der Waals surface area contributed by atoms with Crippen LogP contribution in [0.5, 0.6) is 0 Å². The first-order valence-corrected chi connectivity index (χ1v) is 11.3. The van der Waals surface area contributed by atoms with Crippen LogP contribution in [0, 0.1) is 6.92 Å². The largest absolute Gasteiger partial charge is 0.456 e. The first kappa shape index (κ1) is 21.4. The monoisotopic (exact) mass is 444 g/mol. The number of benzene rings is 2. The molecule has 0 aliphatic carbocycles. The summed E-state index contributed by atoms with van der Waals surface area (Å²) in [5, 5.41) is 14.8. The van der Waals surface area contributed by atoms with E-state index >= 15 is 0 Å². The summed E-state index contributed by atoms with van der Waals surface area (Å²) in [5.41, 5.74) is 5.06. The summed E-state index contributed by atoms with van der Waals surface area (Å²) >= 11 is 0. The molecule has 3 heterocycles. The lowest BCUT2D eigenvalue weighted by atomic mass is 9.99. The Kier molecular flexibility index (Phi) is 5.74. The molecule has 1 fully saturated rings. The van der Waals surface area contributed by atoms with Gasteiger partial charge in [0.1, 0.15) is 11.3 Å². The molecule has 1 aliphatic rings. The highest BCUT2D eigenvalue weighted by Gasteiger charge is 2.28. The van der Waals surface area contributed by atoms with E-state index in [0.717, 1.165) is 52.2 Å². The van der Waals surface area contributed by atoms with Crippen molar-refractivity contribution in [3.8, 4) is 22.6 Å². The smallest absolute Gasteiger partial charge is 0.274 e. The Morgan fingerprint density at radius 1 is 1.03 bits per heavy atom. The van der Waals surface area contributed by atoms with E-state index < -0.39 is 0 Å². The van der Waals surface area contributed by atoms with Crippen molar-refractivity contribution < 1.29 is 14.3 Å². The van der Waals surface area contributed by atoms with Gasteiger partial charge in [-0.15, -0.1) is 0 Å². The SMILES string of the molecule is Cc1c(C(=O)N2CCN(CCO)CC2)nn(C)c1-c1ccccc1-c1cc2ccccc2o1. The number of hydrogen-bond donors (Lipinski definition) is 1. The number of fused-ring (bicyclic) bond motifs is 1. The highest BCUT2D eigenvalue weighted by atomic mass is 16.3. The molecule has 1 aliphatic heterocycles. The number of para-hydroxylation sites is 1. The number of furan rings is 1. The van der Waals surface area contributed by atoms with Crippen LogP contribution in [0.1, 0.15) is 16.1 Å². The van der Waals surface area contributed by atoms with Gasteiger partial charge >= 0.3 is 0 Å². The Hall–Kier alpha value is -3.42. The van der Waals surface area contributed by atoms with E-state index in [-0.39, 0.29) is 12.5 Å². The number of nitrogens with zero attached hydrogens (tertiary/aromatic N) is 4. The van der Waals surface area contributed by atoms with Gasteiger partial charge in [0.25, 0.3) is 5.91 Å². The van der Waals surface area contributed by atoms with E-state index in [1.807, 2.05) is 61.3 Å². The fourth-order valence-corrected chi connectivity index (χ4v) is 4.69. The Morgan fingerprint density at radius 2 is 1.73 bits per heavy atom. The first-order valence-electron chi connectivity index (χ1n) is 11.3. The van der Waals surface area contributed by atoms with Gasteiger partial charge in [-0.2, -0.15) is 5.10 Å². The van der Waals surface area contributed by atoms with Crippen LogP contribution in [0.2, 0.25) is 0 Å². The van der Waals surface area contributed by atoms with Crippen molar-refractivity contribution in [3.63, 3.8) is 0 Å². The van der Waals surface area contributed by atoms with Crippen LogP contribution in [-0.4, -0.2) is 69.9 Å². The van der Waals surface area contributed by atoms with Gasteiger partial charge in [-0.3, -0.25) is 14.4 Å². The molecule has 0 bridgehead atoms. The van der Waals surface area contributed by atoms with E-state index in [1.54, 1.807) is 4.68 Å². The predicted octanol–water partition coefficient (Wildman–Crippen LogP) is 3.56. The minimum atomic E-state index is -0.0424. The Balaban J connectivity index is 1.49. The summed E-state index contributed by atoms with van der Waals surface area (Å²) in [6.45, 7) is 5.56. The molecule has 0 saturated carbocycles. The van der Waals surface area contributed by atoms with Crippen LogP contribution in [0.4, 0.5) is 0 Å². The molecule has 5 rings (SSSR count). The molecular weight excluding hydrogens is 416 g/mol. The van der Waals surface area contributed by atoms with Gasteiger partial charge in [-0.1, -0.05) is 42.5 Å². The summed E-state index contributed by atoms with van der Waals surface area (Å²) in [7, 11) is 1.88. The Labute approximate surface area is 192 Å². The Bertz CT molecular complexity index is 1270. The number of carbonyl (C=O) groups excluding carboxylic acids is 1. The van der Waals surface area contributed by atoms with Crippen molar-refractivity contribution in [3.05, 3.63) is 65.9 Å². The maximum absolute atomic E-state index is 13.3. The molecule has 170 valence electrons. The Morgan fingerprint density at radius 3 is 2.45 bits per heavy atom. The number of rotatable bonds is 5. The van der Waals surface area contributed by atoms with Crippen LogP contribution in [-0.2, 0) is 7.05 Å². The second kappa shape index (κ2) is 8.84. The van der Waals surface area contributed by atoms with E-state index in [4.69, 9.17) is 9.52 Å². The topological polar surface area (TPSA) is 74.7 Å². The number of aliphatic hydroxyl groups excluding tert-OH is 1. The molecule has 0 unspecified atom stereocenters. The summed E-state index contributed by atoms with van der Waals surface area (Å²) in [4.78, 5) is 17.3. The second-order valence-electron chi connectivity index (χ2n) is 8.50. The van der Waals surface area contributed by atoms with Gasteiger partial charge in [0.2, 0.25) is 0 Å². The molecule has 33 heavy (non-hydrogen) atoms. The molecule has 1 amide bonds. The number of piperazine rings is 1. The number of hydrogen-bond acceptors (Lipinski definition) is 5. The minimum Gasteiger partial charge on any atom is -0.456 e. The lowest BCUT2D eigenvalue weighted by Gasteiger charge is -2.34. The maximum Gasteiger partial charge on any atom is 0.274 e. The van der Waals surface area contributed by atoms with Crippen molar-refractivity contribution in [2.45, 2.75) is 6.92 Å². The zero-order chi connectivity index (χ0) is 22.9. The van der Waals surface area contributed by atoms with E-state index in [1.165, 1.54) is 0 Å². The number of aromatic nitrogens is 2. The maximum atomic E-state index is 13.3. The van der Waals surface area contributed by atoms with E-state index in [9.17, 15) is 4.79 Å². The quantitative estimate of drug-likeness (QED) is 0.510. The molecular formula is C26H28N4O3. The van der Waals surface area contributed by atoms with Crippen LogP contribution >= 0.6 is 0 Å². The molecule has 1 saturated heterocycles. The number of aryl methyl sites for hydroxylation is 1. The van der Waals surface area contributed by atoms with E-state index in [2.05, 4.69) is 22.1 Å². The van der Waals surface area contributed by atoms with Gasteiger partial charge in [0, 0.05) is 61.8 Å². The fourth-order valence-electron chi connectivity index (χ4n) is 4.69. The van der Waals surface area contributed by atoms with Gasteiger partial charge in [-0.25, -0.2) is 0 Å². The second-order valence-corrected chi connectivity index (χ2v) is 8.50. The molecule has 2 aromatic carbocycles. The molecule has 0 spiro atoms. The molecule has 7 heteroatoms. The van der Waals surface area contributed by atoms with Crippen molar-refractivity contribution in [2.24, 2.45) is 7.05 Å². The van der Waals surface area contributed by atoms with Crippen LogP contribution in [0.25, 0.3) is 33.6 Å². The predicted molar refractivity (Wildman–Crippen MR) is 128 cm³/mol. The van der Waals surface area contributed by atoms with E-state index in [0.29, 0.717) is 25.3 Å². The summed E-state index contributed by atoms with van der Waals surface area (Å²) in [6, 6.07) is 18.1. The van der Waals surface area contributed by atoms with Crippen LogP contribution in [0.3, 0.4) is 0 Å². The highest BCUT2D eigenvalue weighted by Crippen LogP contribution is 2.37. The van der Waals surface area contributed by atoms with Gasteiger partial charge < -0.3 is 14.4 Å². The number of amides is 1. The summed E-state index contributed by atoms with van der Waals surface area (Å²) in [5.74, 6) is 0.750. The molecule has 7 nitrogen and oxygen atoms in total. The average Bonchev–Trinajstić information content (AvgIpc) is 3.39. The lowest BCUT2D eigenvalue weighted by Crippen LogP contribution is -2.49. The standard InChI is InChI=1S/C26H28N4O3/c1-18-24(26(32)30-13-11-29(12-14-30)15-16-31)27-28(2)25(18)21-9-5-4-8-20(21)23-17-19-7-3-6-10-22(19)33-23/h3-10,17,31H,11-16H2,1-2H3. The minimum absolute atomic E-state index is 0.0424. The van der Waals surface area contributed by atoms with Crippen molar-refractivity contribution >= 4 is 16.9 Å². The van der Waals surface area contributed by atoms with Gasteiger partial charge in [0.15, 0.2) is 5.69 Å². The van der Waals surface area contributed by atoms with Crippen LogP contribution < -0.4 is 0 Å². The summed E-state index contributed by atoms with van der Waals surface area (Å²) < 4.78 is 7.95. The normalized spacial score (nSPS) is 14.8. The third-order valence-electron chi connectivity index (χ3n) is 6.44. The summed E-state index contributed by atoms with van der Waals surface area (Å²) in [6.07, 6.45) is 0. The third-order valence-corrected chi connectivity index (χ3v) is 6.44.